The fourth-order valence-corrected chi connectivity index (χ4v) is 4.41. The molecule has 2 heterocycles. The van der Waals surface area contributed by atoms with Gasteiger partial charge in [-0.15, -0.1) is 0 Å². The first-order valence-corrected chi connectivity index (χ1v) is 11.2. The van der Waals surface area contributed by atoms with Gasteiger partial charge >= 0.3 is 11.4 Å². The Hall–Kier alpha value is -5.24. The molecule has 6 rings (SSSR count). The second kappa shape index (κ2) is 8.21. The van der Waals surface area contributed by atoms with Crippen LogP contribution in [0.15, 0.2) is 116 Å². The largest absolute Gasteiger partial charge is 0.333 e. The number of nitrogens with zero attached hydrogens (tertiary/aromatic N) is 2. The van der Waals surface area contributed by atoms with Gasteiger partial charge in [0, 0.05) is 0 Å². The Labute approximate surface area is 202 Å². The molecule has 0 aliphatic rings. The monoisotopic (exact) mass is 474 g/mol. The molecule has 0 fully saturated rings. The summed E-state index contributed by atoms with van der Waals surface area (Å²) in [5.74, 6) is 0. The molecule has 0 unspecified atom stereocenters. The molecule has 0 aliphatic heterocycles. The molecule has 0 saturated carbocycles. The molecule has 0 bridgehead atoms. The Balaban J connectivity index is 1.55. The number of fused-ring (bicyclic) bond motifs is 2. The SMILES string of the molecule is O=c1[nH]c2ccc(-c3ccc4[nH]c(=O)n(-c5ccccc5)c(=O)c4c3)cc2c(=O)n1-c1ccccc1. The van der Waals surface area contributed by atoms with Crippen LogP contribution in [0.25, 0.3) is 44.3 Å². The van der Waals surface area contributed by atoms with E-state index in [0.717, 1.165) is 9.13 Å². The van der Waals surface area contributed by atoms with Crippen LogP contribution in [0.2, 0.25) is 0 Å². The van der Waals surface area contributed by atoms with E-state index in [4.69, 9.17) is 0 Å². The second-order valence-electron chi connectivity index (χ2n) is 8.33. The van der Waals surface area contributed by atoms with Crippen LogP contribution in [0.1, 0.15) is 0 Å². The molecular formula is C28H18N4O4. The van der Waals surface area contributed by atoms with E-state index in [2.05, 4.69) is 9.97 Å². The summed E-state index contributed by atoms with van der Waals surface area (Å²) >= 11 is 0. The van der Waals surface area contributed by atoms with E-state index in [1.165, 1.54) is 0 Å². The van der Waals surface area contributed by atoms with Gasteiger partial charge in [-0.05, 0) is 59.7 Å². The summed E-state index contributed by atoms with van der Waals surface area (Å²) in [6, 6.07) is 27.6. The number of H-pyrrole nitrogens is 2. The third-order valence-electron chi connectivity index (χ3n) is 6.16. The number of rotatable bonds is 3. The highest BCUT2D eigenvalue weighted by Crippen LogP contribution is 2.24. The fourth-order valence-electron chi connectivity index (χ4n) is 4.41. The molecule has 0 spiro atoms. The highest BCUT2D eigenvalue weighted by molar-refractivity contribution is 5.88. The molecule has 6 aromatic rings. The molecular weight excluding hydrogens is 456 g/mol. The first-order valence-electron chi connectivity index (χ1n) is 11.2. The lowest BCUT2D eigenvalue weighted by atomic mass is 10.0. The summed E-state index contributed by atoms with van der Waals surface area (Å²) in [4.78, 5) is 57.3. The predicted molar refractivity (Wildman–Crippen MR) is 139 cm³/mol. The number of aromatic amines is 2. The Morgan fingerprint density at radius 3 is 1.25 bits per heavy atom. The second-order valence-corrected chi connectivity index (χ2v) is 8.33. The highest BCUT2D eigenvalue weighted by atomic mass is 16.2. The van der Waals surface area contributed by atoms with Crippen LogP contribution in [0.4, 0.5) is 0 Å². The van der Waals surface area contributed by atoms with Crippen molar-refractivity contribution >= 4 is 21.8 Å². The smallest absolute Gasteiger partial charge is 0.306 e. The number of hydrogen-bond acceptors (Lipinski definition) is 4. The minimum atomic E-state index is -0.525. The number of benzene rings is 4. The Morgan fingerprint density at radius 2 is 0.861 bits per heavy atom. The average Bonchev–Trinajstić information content (AvgIpc) is 2.90. The van der Waals surface area contributed by atoms with Crippen LogP contribution in [-0.2, 0) is 0 Å². The van der Waals surface area contributed by atoms with E-state index >= 15 is 0 Å². The number of hydrogen-bond donors (Lipinski definition) is 2. The summed E-state index contributed by atoms with van der Waals surface area (Å²) in [6.07, 6.45) is 0. The topological polar surface area (TPSA) is 110 Å². The van der Waals surface area contributed by atoms with Gasteiger partial charge in [0.15, 0.2) is 0 Å². The normalized spacial score (nSPS) is 11.2. The number of para-hydroxylation sites is 2. The molecule has 2 N–H and O–H groups in total. The predicted octanol–water partition coefficient (Wildman–Crippen LogP) is 3.34. The zero-order valence-electron chi connectivity index (χ0n) is 18.8. The van der Waals surface area contributed by atoms with Crippen LogP contribution in [-0.4, -0.2) is 19.1 Å². The first-order chi connectivity index (χ1) is 17.5. The summed E-state index contributed by atoms with van der Waals surface area (Å²) in [5, 5.41) is 0.665. The third kappa shape index (κ3) is 3.40. The van der Waals surface area contributed by atoms with Crippen molar-refractivity contribution in [3.63, 3.8) is 0 Å². The standard InChI is InChI=1S/C28H18N4O4/c33-25-21-15-17(11-13-23(21)29-27(35)31(25)19-7-3-1-4-8-19)18-12-14-24-22(16-18)26(34)32(28(36)30-24)20-9-5-2-6-10-20/h1-16H,(H,29,35)(H,30,36). The number of nitrogens with one attached hydrogen (secondary N) is 2. The van der Waals surface area contributed by atoms with Crippen LogP contribution >= 0.6 is 0 Å². The maximum Gasteiger partial charge on any atom is 0.333 e. The molecule has 0 atom stereocenters. The number of aromatic nitrogens is 4. The van der Waals surface area contributed by atoms with Gasteiger partial charge in [0.25, 0.3) is 11.1 Å². The lowest BCUT2D eigenvalue weighted by Crippen LogP contribution is -2.33. The van der Waals surface area contributed by atoms with E-state index in [-0.39, 0.29) is 0 Å². The lowest BCUT2D eigenvalue weighted by molar-refractivity contribution is 0.901. The molecule has 0 saturated heterocycles. The summed E-state index contributed by atoms with van der Waals surface area (Å²) in [6.45, 7) is 0. The maximum absolute atomic E-state index is 13.3. The minimum absolute atomic E-state index is 0.333. The molecule has 0 radical (unpaired) electrons. The van der Waals surface area contributed by atoms with Gasteiger partial charge in [-0.25, -0.2) is 18.7 Å². The summed E-state index contributed by atoms with van der Waals surface area (Å²) in [7, 11) is 0. The van der Waals surface area contributed by atoms with Gasteiger partial charge in [0.2, 0.25) is 0 Å². The van der Waals surface area contributed by atoms with Crippen LogP contribution in [0.3, 0.4) is 0 Å². The van der Waals surface area contributed by atoms with Crippen molar-refractivity contribution in [2.75, 3.05) is 0 Å². The van der Waals surface area contributed by atoms with E-state index in [1.54, 1.807) is 97.1 Å². The van der Waals surface area contributed by atoms with Crippen molar-refractivity contribution in [3.05, 3.63) is 139 Å². The van der Waals surface area contributed by atoms with Crippen LogP contribution in [0.5, 0.6) is 0 Å². The lowest BCUT2D eigenvalue weighted by Gasteiger charge is -2.10. The molecule has 36 heavy (non-hydrogen) atoms. The van der Waals surface area contributed by atoms with Crippen molar-refractivity contribution in [2.24, 2.45) is 0 Å². The quantitative estimate of drug-likeness (QED) is 0.410. The molecule has 2 aromatic heterocycles. The Kier molecular flexibility index (Phi) is 4.86. The van der Waals surface area contributed by atoms with E-state index in [1.807, 2.05) is 0 Å². The van der Waals surface area contributed by atoms with Gasteiger partial charge in [-0.1, -0.05) is 48.5 Å². The van der Waals surface area contributed by atoms with Gasteiger partial charge in [0.1, 0.15) is 0 Å². The zero-order valence-corrected chi connectivity index (χ0v) is 18.8. The van der Waals surface area contributed by atoms with Crippen molar-refractivity contribution in [3.8, 4) is 22.5 Å². The van der Waals surface area contributed by atoms with E-state index in [0.29, 0.717) is 44.3 Å². The van der Waals surface area contributed by atoms with Gasteiger partial charge in [-0.3, -0.25) is 9.59 Å². The van der Waals surface area contributed by atoms with E-state index in [9.17, 15) is 19.2 Å². The summed E-state index contributed by atoms with van der Waals surface area (Å²) in [5.41, 5.74) is 1.19. The van der Waals surface area contributed by atoms with Crippen molar-refractivity contribution < 1.29 is 0 Å². The van der Waals surface area contributed by atoms with Crippen LogP contribution < -0.4 is 22.5 Å². The molecule has 8 heteroatoms. The van der Waals surface area contributed by atoms with Gasteiger partial charge in [0.05, 0.1) is 33.2 Å². The van der Waals surface area contributed by atoms with E-state index < -0.39 is 22.5 Å². The first kappa shape index (κ1) is 21.3. The van der Waals surface area contributed by atoms with Gasteiger partial charge in [-0.2, -0.15) is 0 Å². The Morgan fingerprint density at radius 1 is 0.472 bits per heavy atom. The highest BCUT2D eigenvalue weighted by Gasteiger charge is 2.13. The van der Waals surface area contributed by atoms with Crippen molar-refractivity contribution in [1.82, 2.24) is 19.1 Å². The maximum atomic E-state index is 13.3. The summed E-state index contributed by atoms with van der Waals surface area (Å²) < 4.78 is 2.19. The average molecular weight is 474 g/mol. The van der Waals surface area contributed by atoms with Crippen molar-refractivity contribution in [1.29, 1.82) is 0 Å². The molecule has 0 aliphatic carbocycles. The molecule has 8 nitrogen and oxygen atoms in total. The third-order valence-corrected chi connectivity index (χ3v) is 6.16. The van der Waals surface area contributed by atoms with Crippen molar-refractivity contribution in [2.45, 2.75) is 0 Å². The van der Waals surface area contributed by atoms with Crippen LogP contribution in [0, 0.1) is 0 Å². The zero-order chi connectivity index (χ0) is 24.8. The minimum Gasteiger partial charge on any atom is -0.306 e. The van der Waals surface area contributed by atoms with Gasteiger partial charge < -0.3 is 9.97 Å². The molecule has 0 amide bonds. The Bertz CT molecular complexity index is 1870. The molecule has 4 aromatic carbocycles. The molecule has 174 valence electrons. The fraction of sp³-hybridized carbons (Fsp3) is 0.